The van der Waals surface area contributed by atoms with Crippen LogP contribution in [-0.4, -0.2) is 98.3 Å². The zero-order chi connectivity index (χ0) is 42.2. The normalized spacial score (nSPS) is 22.7. The van der Waals surface area contributed by atoms with Crippen molar-refractivity contribution in [3.05, 3.63) is 12.2 Å². The molecule has 13 nitrogen and oxygen atoms in total. The van der Waals surface area contributed by atoms with Crippen molar-refractivity contribution in [2.45, 2.75) is 236 Å². The van der Waals surface area contributed by atoms with Gasteiger partial charge in [-0.1, -0.05) is 154 Å². The third-order valence-corrected chi connectivity index (χ3v) is 11.6. The average molecular weight is 837 g/mol. The van der Waals surface area contributed by atoms with Gasteiger partial charge in [0, 0.05) is 12.8 Å². The van der Waals surface area contributed by atoms with Crippen LogP contribution in [0.3, 0.4) is 0 Å². The van der Waals surface area contributed by atoms with E-state index in [1.54, 1.807) is 0 Å². The highest BCUT2D eigenvalue weighted by Crippen LogP contribution is 2.47. The van der Waals surface area contributed by atoms with E-state index in [2.05, 4.69) is 26.0 Å². The van der Waals surface area contributed by atoms with Crippen molar-refractivity contribution in [3.8, 4) is 0 Å². The Bertz CT molecular complexity index is 1060. The van der Waals surface area contributed by atoms with Crippen LogP contribution in [0.15, 0.2) is 12.2 Å². The van der Waals surface area contributed by atoms with Gasteiger partial charge in [0.25, 0.3) is 0 Å². The molecule has 1 aliphatic carbocycles. The summed E-state index contributed by atoms with van der Waals surface area (Å²) >= 11 is 0. The van der Waals surface area contributed by atoms with Gasteiger partial charge in [0.1, 0.15) is 43.2 Å². The van der Waals surface area contributed by atoms with E-state index < -0.39 is 75.7 Å². The summed E-state index contributed by atoms with van der Waals surface area (Å²) in [4.78, 5) is 35.6. The van der Waals surface area contributed by atoms with Crippen molar-refractivity contribution in [1.29, 1.82) is 0 Å². The van der Waals surface area contributed by atoms with Crippen LogP contribution in [0.25, 0.3) is 0 Å². The molecule has 6 unspecified atom stereocenters. The second-order valence-corrected chi connectivity index (χ2v) is 17.3. The molecule has 8 atom stereocenters. The van der Waals surface area contributed by atoms with E-state index in [1.165, 1.54) is 96.3 Å². The van der Waals surface area contributed by atoms with E-state index in [-0.39, 0.29) is 12.8 Å². The van der Waals surface area contributed by atoms with Crippen molar-refractivity contribution in [1.82, 2.24) is 0 Å². The zero-order valence-electron chi connectivity index (χ0n) is 35.4. The SMILES string of the molecule is CCCCCCC=CCCCCCCCCCC(=O)OC[C@H](COP(=O)(O)OC1C(O)C(O)C(O)[C@@H](O)C1O)OC(=O)CCCCCCCCCCCCCCC. The fourth-order valence-electron chi connectivity index (χ4n) is 6.93. The number of unbranched alkanes of at least 4 members (excludes halogenated alkanes) is 23. The first-order valence-corrected chi connectivity index (χ1v) is 24.0. The van der Waals surface area contributed by atoms with Gasteiger partial charge in [0.15, 0.2) is 6.10 Å². The van der Waals surface area contributed by atoms with Gasteiger partial charge in [-0.2, -0.15) is 0 Å². The molecule has 1 fully saturated rings. The Morgan fingerprint density at radius 2 is 0.895 bits per heavy atom. The predicted molar refractivity (Wildman–Crippen MR) is 221 cm³/mol. The summed E-state index contributed by atoms with van der Waals surface area (Å²) in [6.45, 7) is 3.28. The molecular weight excluding hydrogens is 755 g/mol. The maximum atomic E-state index is 12.8. The van der Waals surface area contributed by atoms with Crippen molar-refractivity contribution < 1.29 is 63.1 Å². The first kappa shape index (κ1) is 53.6. The maximum absolute atomic E-state index is 12.8. The van der Waals surface area contributed by atoms with E-state index >= 15 is 0 Å². The number of hydrogen-bond donors (Lipinski definition) is 6. The lowest BCUT2D eigenvalue weighted by Crippen LogP contribution is -2.64. The molecule has 0 aromatic rings. The lowest BCUT2D eigenvalue weighted by Gasteiger charge is -2.41. The largest absolute Gasteiger partial charge is 0.472 e. The number of phosphoric acid groups is 1. The van der Waals surface area contributed by atoms with Gasteiger partial charge in [0.2, 0.25) is 0 Å². The minimum Gasteiger partial charge on any atom is -0.462 e. The molecule has 14 heteroatoms. The number of hydrogen-bond acceptors (Lipinski definition) is 12. The lowest BCUT2D eigenvalue weighted by molar-refractivity contribution is -0.220. The second-order valence-electron chi connectivity index (χ2n) is 15.9. The highest BCUT2D eigenvalue weighted by molar-refractivity contribution is 7.47. The molecule has 1 rings (SSSR count). The molecule has 0 saturated heterocycles. The highest BCUT2D eigenvalue weighted by Gasteiger charge is 2.51. The number of aliphatic hydroxyl groups is 5. The Kier molecular flexibility index (Phi) is 32.3. The smallest absolute Gasteiger partial charge is 0.462 e. The van der Waals surface area contributed by atoms with E-state index in [4.69, 9.17) is 18.5 Å². The minimum atomic E-state index is -5.11. The third kappa shape index (κ3) is 27.1. The monoisotopic (exact) mass is 837 g/mol. The summed E-state index contributed by atoms with van der Waals surface area (Å²) < 4.78 is 33.5. The van der Waals surface area contributed by atoms with Crippen molar-refractivity contribution >= 4 is 19.8 Å². The van der Waals surface area contributed by atoms with Crippen LogP contribution in [0.4, 0.5) is 0 Å². The molecule has 0 bridgehead atoms. The van der Waals surface area contributed by atoms with Crippen LogP contribution in [-0.2, 0) is 32.7 Å². The zero-order valence-corrected chi connectivity index (χ0v) is 36.3. The molecule has 57 heavy (non-hydrogen) atoms. The van der Waals surface area contributed by atoms with E-state index in [1.807, 2.05) is 0 Å². The van der Waals surface area contributed by atoms with Gasteiger partial charge in [-0.15, -0.1) is 0 Å². The molecular formula is C43H81O13P. The summed E-state index contributed by atoms with van der Waals surface area (Å²) in [6.07, 6.45) is 21.2. The molecule has 1 saturated carbocycles. The van der Waals surface area contributed by atoms with Crippen LogP contribution in [0.2, 0.25) is 0 Å². The third-order valence-electron chi connectivity index (χ3n) is 10.6. The highest BCUT2D eigenvalue weighted by atomic mass is 31.2. The lowest BCUT2D eigenvalue weighted by atomic mass is 9.85. The Morgan fingerprint density at radius 3 is 1.35 bits per heavy atom. The van der Waals surface area contributed by atoms with Crippen LogP contribution in [0.1, 0.15) is 194 Å². The number of allylic oxidation sites excluding steroid dienone is 2. The predicted octanol–water partition coefficient (Wildman–Crippen LogP) is 8.28. The Balaban J connectivity index is 2.47. The summed E-state index contributed by atoms with van der Waals surface area (Å²) in [7, 11) is -5.11. The molecule has 336 valence electrons. The average Bonchev–Trinajstić information content (AvgIpc) is 3.19. The van der Waals surface area contributed by atoms with Gasteiger partial charge < -0.3 is 39.9 Å². The van der Waals surface area contributed by atoms with Crippen LogP contribution >= 0.6 is 7.82 Å². The maximum Gasteiger partial charge on any atom is 0.472 e. The van der Waals surface area contributed by atoms with Crippen molar-refractivity contribution in [2.75, 3.05) is 13.2 Å². The van der Waals surface area contributed by atoms with Gasteiger partial charge in [-0.25, -0.2) is 4.57 Å². The standard InChI is InChI=1S/C43H81O13P/c1-3-5-7-9-11-13-15-17-18-20-21-23-25-27-29-31-36(44)53-33-35(34-54-57(51,52)56-43-41(49)39(47)38(46)40(48)42(43)50)55-37(45)32-30-28-26-24-22-19-16-14-12-10-8-6-4-2/h13,15,35,38-43,46-50H,3-12,14,16-34H2,1-2H3,(H,51,52)/t35-,38?,39-,40?,41?,42?,43?/m1/s1. The Labute approximate surface area is 343 Å². The van der Waals surface area contributed by atoms with E-state index in [9.17, 15) is 44.6 Å². The van der Waals surface area contributed by atoms with Crippen LogP contribution in [0, 0.1) is 0 Å². The van der Waals surface area contributed by atoms with Gasteiger partial charge in [0.05, 0.1) is 6.61 Å². The molecule has 1 aliphatic rings. The number of carbonyl (C=O) groups is 2. The second kappa shape index (κ2) is 34.3. The molecule has 0 spiro atoms. The topological polar surface area (TPSA) is 210 Å². The number of phosphoric ester groups is 1. The van der Waals surface area contributed by atoms with E-state index in [0.29, 0.717) is 12.8 Å². The molecule has 0 aromatic heterocycles. The van der Waals surface area contributed by atoms with Crippen molar-refractivity contribution in [2.24, 2.45) is 0 Å². The van der Waals surface area contributed by atoms with Crippen molar-refractivity contribution in [3.63, 3.8) is 0 Å². The summed E-state index contributed by atoms with van der Waals surface area (Å²) in [5.74, 6) is -1.10. The van der Waals surface area contributed by atoms with Gasteiger partial charge in [-0.05, 0) is 38.5 Å². The fourth-order valence-corrected chi connectivity index (χ4v) is 7.90. The first-order valence-electron chi connectivity index (χ1n) is 22.5. The Morgan fingerprint density at radius 1 is 0.526 bits per heavy atom. The summed E-state index contributed by atoms with van der Waals surface area (Å²) in [5, 5.41) is 50.1. The molecule has 0 radical (unpaired) electrons. The fraction of sp³-hybridized carbons (Fsp3) is 0.907. The number of esters is 2. The molecule has 0 heterocycles. The van der Waals surface area contributed by atoms with Gasteiger partial charge >= 0.3 is 19.8 Å². The number of rotatable bonds is 37. The number of aliphatic hydroxyl groups excluding tert-OH is 5. The first-order chi connectivity index (χ1) is 27.4. The molecule has 0 aromatic carbocycles. The van der Waals surface area contributed by atoms with Gasteiger partial charge in [-0.3, -0.25) is 18.6 Å². The molecule has 6 N–H and O–H groups in total. The quantitative estimate of drug-likeness (QED) is 0.0151. The number of ether oxygens (including phenoxy) is 2. The van der Waals surface area contributed by atoms with Crippen LogP contribution < -0.4 is 0 Å². The number of carbonyl (C=O) groups excluding carboxylic acids is 2. The van der Waals surface area contributed by atoms with E-state index in [0.717, 1.165) is 57.8 Å². The molecule has 0 aliphatic heterocycles. The summed E-state index contributed by atoms with van der Waals surface area (Å²) in [6, 6.07) is 0. The Hall–Kier alpha value is -1.41. The molecule has 0 amide bonds. The van der Waals surface area contributed by atoms with Crippen LogP contribution in [0.5, 0.6) is 0 Å². The minimum absolute atomic E-state index is 0.101. The summed E-state index contributed by atoms with van der Waals surface area (Å²) in [5.41, 5.74) is 0.